The number of anilines is 1. The van der Waals surface area contributed by atoms with Gasteiger partial charge in [-0.2, -0.15) is 18.2 Å². The van der Waals surface area contributed by atoms with Crippen LogP contribution in [0.3, 0.4) is 0 Å². The molecule has 212 valence electrons. The maximum absolute atomic E-state index is 14.8. The Hall–Kier alpha value is -3.09. The van der Waals surface area contributed by atoms with E-state index < -0.39 is 23.2 Å². The number of ether oxygens (including phenoxy) is 1. The first-order chi connectivity index (χ1) is 19.1. The van der Waals surface area contributed by atoms with Gasteiger partial charge in [-0.3, -0.25) is 9.47 Å². The Bertz CT molecular complexity index is 1530. The minimum atomic E-state index is -4.70. The van der Waals surface area contributed by atoms with Crippen molar-refractivity contribution < 1.29 is 22.3 Å². The molecule has 1 saturated heterocycles. The van der Waals surface area contributed by atoms with Crippen molar-refractivity contribution in [2.75, 3.05) is 43.5 Å². The maximum atomic E-state index is 14.8. The van der Waals surface area contributed by atoms with E-state index in [1.165, 1.54) is 28.5 Å². The summed E-state index contributed by atoms with van der Waals surface area (Å²) in [6.45, 7) is 7.01. The van der Waals surface area contributed by atoms with Crippen LogP contribution < -0.4 is 15.9 Å². The van der Waals surface area contributed by atoms with E-state index in [1.54, 1.807) is 11.1 Å². The number of aromatic nitrogens is 2. The van der Waals surface area contributed by atoms with E-state index in [4.69, 9.17) is 4.74 Å². The van der Waals surface area contributed by atoms with Crippen LogP contribution in [0.15, 0.2) is 51.9 Å². The summed E-state index contributed by atoms with van der Waals surface area (Å²) in [6, 6.07) is 6.05. The first-order valence-corrected chi connectivity index (χ1v) is 14.2. The minimum Gasteiger partial charge on any atom is -0.383 e. The molecule has 1 aromatic heterocycles. The van der Waals surface area contributed by atoms with Crippen LogP contribution in [0, 0.1) is 5.82 Å². The number of morpholine rings is 1. The molecule has 7 nitrogen and oxygen atoms in total. The number of benzene rings is 2. The molecular formula is C28H29F4N5O2S. The number of nitrogens with zero attached hydrogens (tertiary/aromatic N) is 4. The van der Waals surface area contributed by atoms with E-state index in [2.05, 4.69) is 15.2 Å². The Morgan fingerprint density at radius 1 is 1.12 bits per heavy atom. The first kappa shape index (κ1) is 27.1. The zero-order valence-corrected chi connectivity index (χ0v) is 22.9. The summed E-state index contributed by atoms with van der Waals surface area (Å²) in [5.41, 5.74) is 0.108. The van der Waals surface area contributed by atoms with Gasteiger partial charge in [-0.1, -0.05) is 12.1 Å². The molecule has 40 heavy (non-hydrogen) atoms. The van der Waals surface area contributed by atoms with Crippen LogP contribution >= 0.6 is 11.8 Å². The summed E-state index contributed by atoms with van der Waals surface area (Å²) in [7, 11) is 0. The van der Waals surface area contributed by atoms with Gasteiger partial charge in [0.15, 0.2) is 0 Å². The molecule has 3 aromatic rings. The first-order valence-electron chi connectivity index (χ1n) is 13.2. The Labute approximate surface area is 232 Å². The summed E-state index contributed by atoms with van der Waals surface area (Å²) < 4.78 is 65.2. The smallest absolute Gasteiger partial charge is 0.383 e. The van der Waals surface area contributed by atoms with Crippen LogP contribution in [0.5, 0.6) is 0 Å². The second-order valence-corrected chi connectivity index (χ2v) is 11.5. The monoisotopic (exact) mass is 575 g/mol. The summed E-state index contributed by atoms with van der Waals surface area (Å²) >= 11 is 1.31. The summed E-state index contributed by atoms with van der Waals surface area (Å²) in [5, 5.41) is 3.55. The Morgan fingerprint density at radius 3 is 2.52 bits per heavy atom. The fourth-order valence-electron chi connectivity index (χ4n) is 5.86. The van der Waals surface area contributed by atoms with Crippen LogP contribution in [0.25, 0.3) is 22.0 Å². The van der Waals surface area contributed by atoms with E-state index in [0.717, 1.165) is 23.9 Å². The molecule has 0 amide bonds. The van der Waals surface area contributed by atoms with Crippen molar-refractivity contribution in [3.05, 3.63) is 64.1 Å². The van der Waals surface area contributed by atoms with Crippen LogP contribution in [0.2, 0.25) is 0 Å². The number of hydrogen-bond acceptors (Lipinski definition) is 7. The van der Waals surface area contributed by atoms with Crippen molar-refractivity contribution in [1.29, 1.82) is 0 Å². The molecule has 6 rings (SSSR count). The quantitative estimate of drug-likeness (QED) is 0.455. The lowest BCUT2D eigenvalue weighted by atomic mass is 9.96. The standard InChI is InChI=1S/C28H29F4N5O2S/c1-16-12-36(13-17(2)33-16)26-21-11-22(28(30,31)32)23(18-3-5-19(29)6-4-18)25-24(21)37(27(38)34-26)14-20(15-40-25)35-7-9-39-10-8-35/h3-6,11-12,17,20,33H,7-10,13-15H2,1-2H3/t17-,20+/m1/s1. The largest absolute Gasteiger partial charge is 0.417 e. The molecule has 1 N–H and O–H groups in total. The van der Waals surface area contributed by atoms with Crippen LogP contribution in [0.1, 0.15) is 19.4 Å². The van der Waals surface area contributed by atoms with Gasteiger partial charge >= 0.3 is 11.9 Å². The molecule has 0 saturated carbocycles. The molecular weight excluding hydrogens is 546 g/mol. The van der Waals surface area contributed by atoms with Gasteiger partial charge in [-0.15, -0.1) is 11.8 Å². The van der Waals surface area contributed by atoms with Crippen molar-refractivity contribution in [2.24, 2.45) is 0 Å². The zero-order chi connectivity index (χ0) is 28.2. The molecule has 0 unspecified atom stereocenters. The highest BCUT2D eigenvalue weighted by atomic mass is 32.2. The van der Waals surface area contributed by atoms with E-state index in [1.807, 2.05) is 13.8 Å². The van der Waals surface area contributed by atoms with Gasteiger partial charge in [0, 0.05) is 71.8 Å². The van der Waals surface area contributed by atoms with Crippen molar-refractivity contribution in [2.45, 2.75) is 43.5 Å². The molecule has 2 aromatic carbocycles. The lowest BCUT2D eigenvalue weighted by molar-refractivity contribution is -0.137. The van der Waals surface area contributed by atoms with Crippen molar-refractivity contribution >= 4 is 28.5 Å². The molecule has 3 aliphatic heterocycles. The predicted octanol–water partition coefficient (Wildman–Crippen LogP) is 4.69. The van der Waals surface area contributed by atoms with Gasteiger partial charge in [0.1, 0.15) is 11.6 Å². The predicted molar refractivity (Wildman–Crippen MR) is 147 cm³/mol. The van der Waals surface area contributed by atoms with Crippen molar-refractivity contribution in [1.82, 2.24) is 19.8 Å². The van der Waals surface area contributed by atoms with Gasteiger partial charge in [-0.05, 0) is 37.6 Å². The van der Waals surface area contributed by atoms with Crippen LogP contribution in [-0.2, 0) is 17.5 Å². The van der Waals surface area contributed by atoms with E-state index in [-0.39, 0.29) is 34.4 Å². The highest BCUT2D eigenvalue weighted by molar-refractivity contribution is 7.99. The molecule has 0 spiro atoms. The topological polar surface area (TPSA) is 62.6 Å². The molecule has 4 heterocycles. The number of alkyl halides is 3. The van der Waals surface area contributed by atoms with Crippen LogP contribution in [-0.4, -0.2) is 65.1 Å². The van der Waals surface area contributed by atoms with Gasteiger partial charge in [0.2, 0.25) is 0 Å². The fourth-order valence-corrected chi connectivity index (χ4v) is 7.26. The third-order valence-corrected chi connectivity index (χ3v) is 8.82. The fraction of sp³-hybridized carbons (Fsp3) is 0.429. The number of thioether (sulfide) groups is 1. The van der Waals surface area contributed by atoms with Gasteiger partial charge in [0.25, 0.3) is 0 Å². The second kappa shape index (κ2) is 10.4. The van der Waals surface area contributed by atoms with Crippen molar-refractivity contribution in [3.63, 3.8) is 0 Å². The number of allylic oxidation sites excluding steroid dienone is 1. The van der Waals surface area contributed by atoms with E-state index in [0.29, 0.717) is 55.6 Å². The Morgan fingerprint density at radius 2 is 1.85 bits per heavy atom. The molecule has 0 bridgehead atoms. The van der Waals surface area contributed by atoms with Crippen molar-refractivity contribution in [3.8, 4) is 11.1 Å². The number of halogens is 4. The SMILES string of the molecule is CC1=CN(c2nc(=O)n3c4c(c(-c5ccc(F)cc5)c(C(F)(F)F)cc24)SC[C@@H](N2CCOCC2)C3)C[C@@H](C)N1. The molecule has 12 heteroatoms. The third kappa shape index (κ3) is 4.97. The Kier molecular flexibility index (Phi) is 7.04. The minimum absolute atomic E-state index is 0.0000801. The van der Waals surface area contributed by atoms with E-state index in [9.17, 15) is 22.4 Å². The van der Waals surface area contributed by atoms with Gasteiger partial charge in [-0.25, -0.2) is 9.18 Å². The average molecular weight is 576 g/mol. The Balaban J connectivity index is 1.66. The molecule has 0 radical (unpaired) electrons. The number of rotatable bonds is 3. The highest BCUT2D eigenvalue weighted by Gasteiger charge is 2.39. The number of hydrogen-bond donors (Lipinski definition) is 1. The molecule has 0 aliphatic carbocycles. The van der Waals surface area contributed by atoms with Gasteiger partial charge in [0.05, 0.1) is 24.3 Å². The lowest BCUT2D eigenvalue weighted by Crippen LogP contribution is -2.47. The maximum Gasteiger partial charge on any atom is 0.417 e. The van der Waals surface area contributed by atoms with Gasteiger partial charge < -0.3 is 15.0 Å². The molecule has 3 aliphatic rings. The normalized spacial score (nSPS) is 22.1. The third-order valence-electron chi connectivity index (χ3n) is 7.58. The number of nitrogens with one attached hydrogen (secondary N) is 1. The molecule has 1 fully saturated rings. The van der Waals surface area contributed by atoms with E-state index >= 15 is 0 Å². The highest BCUT2D eigenvalue weighted by Crippen LogP contribution is 2.48. The summed E-state index contributed by atoms with van der Waals surface area (Å²) in [4.78, 5) is 22.4. The lowest BCUT2D eigenvalue weighted by Gasteiger charge is -2.34. The summed E-state index contributed by atoms with van der Waals surface area (Å²) in [5.74, 6) is 0.138. The molecule has 2 atom stereocenters. The average Bonchev–Trinajstić information content (AvgIpc) is 3.12. The second-order valence-electron chi connectivity index (χ2n) is 10.5. The van der Waals surface area contributed by atoms with Crippen LogP contribution in [0.4, 0.5) is 23.4 Å². The zero-order valence-electron chi connectivity index (χ0n) is 22.1. The summed E-state index contributed by atoms with van der Waals surface area (Å²) in [6.07, 6.45) is -2.93.